The van der Waals surface area contributed by atoms with E-state index in [1.165, 1.54) is 49.8 Å². The summed E-state index contributed by atoms with van der Waals surface area (Å²) in [6.07, 6.45) is 8.15. The smallest absolute Gasteiger partial charge is 0.0410 e. The molecule has 0 aliphatic heterocycles. The van der Waals surface area contributed by atoms with E-state index in [0.29, 0.717) is 6.04 Å². The summed E-state index contributed by atoms with van der Waals surface area (Å²) in [6.45, 7) is 2.12. The lowest BCUT2D eigenvalue weighted by Crippen LogP contribution is -2.18. The molecule has 16 heavy (non-hydrogen) atoms. The molecule has 0 aromatic heterocycles. The molecule has 0 atom stereocenters. The van der Waals surface area contributed by atoms with Gasteiger partial charge < -0.3 is 5.32 Å². The van der Waals surface area contributed by atoms with Crippen molar-refractivity contribution in [1.82, 2.24) is 0 Å². The summed E-state index contributed by atoms with van der Waals surface area (Å²) in [4.78, 5) is 0. The Labute approximate surface area is 103 Å². The summed E-state index contributed by atoms with van der Waals surface area (Å²) in [6, 6.07) is 6.75. The standard InChI is InChI=1S/C14H20ClN/c1-11-10-12(15)8-9-14(11)16-13-6-4-2-3-5-7-13/h8-10,13,16H,2-7H2,1H3. The minimum absolute atomic E-state index is 0.655. The topological polar surface area (TPSA) is 12.0 Å². The van der Waals surface area contributed by atoms with Crippen molar-refractivity contribution in [3.8, 4) is 0 Å². The lowest BCUT2D eigenvalue weighted by molar-refractivity contribution is 0.619. The van der Waals surface area contributed by atoms with Gasteiger partial charge in [0.05, 0.1) is 0 Å². The van der Waals surface area contributed by atoms with Crippen LogP contribution in [0.2, 0.25) is 5.02 Å². The summed E-state index contributed by atoms with van der Waals surface area (Å²) in [7, 11) is 0. The maximum Gasteiger partial charge on any atom is 0.0410 e. The van der Waals surface area contributed by atoms with E-state index < -0.39 is 0 Å². The number of rotatable bonds is 2. The van der Waals surface area contributed by atoms with Crippen molar-refractivity contribution in [3.05, 3.63) is 28.8 Å². The Morgan fingerprint density at radius 2 is 1.81 bits per heavy atom. The predicted octanol–water partition coefficient (Wildman–Crippen LogP) is 4.78. The fourth-order valence-electron chi connectivity index (χ4n) is 2.43. The van der Waals surface area contributed by atoms with Gasteiger partial charge in [0.25, 0.3) is 0 Å². The first-order chi connectivity index (χ1) is 7.75. The van der Waals surface area contributed by atoms with Gasteiger partial charge in [0.15, 0.2) is 0 Å². The second-order valence-corrected chi connectivity index (χ2v) is 5.23. The Morgan fingerprint density at radius 3 is 2.44 bits per heavy atom. The zero-order valence-corrected chi connectivity index (χ0v) is 10.7. The minimum Gasteiger partial charge on any atom is -0.382 e. The van der Waals surface area contributed by atoms with E-state index in [0.717, 1.165) is 5.02 Å². The van der Waals surface area contributed by atoms with Crippen molar-refractivity contribution in [2.75, 3.05) is 5.32 Å². The third-order valence-corrected chi connectivity index (χ3v) is 3.64. The van der Waals surface area contributed by atoms with Gasteiger partial charge in [-0.15, -0.1) is 0 Å². The molecule has 1 aliphatic carbocycles. The normalized spacial score (nSPS) is 18.1. The highest BCUT2D eigenvalue weighted by molar-refractivity contribution is 6.30. The van der Waals surface area contributed by atoms with Gasteiger partial charge in [0.1, 0.15) is 0 Å². The van der Waals surface area contributed by atoms with Crippen LogP contribution in [-0.4, -0.2) is 6.04 Å². The van der Waals surface area contributed by atoms with Crippen molar-refractivity contribution >= 4 is 17.3 Å². The molecule has 0 radical (unpaired) electrons. The predicted molar refractivity (Wildman–Crippen MR) is 71.3 cm³/mol. The molecule has 0 unspecified atom stereocenters. The van der Waals surface area contributed by atoms with Gasteiger partial charge in [0.2, 0.25) is 0 Å². The monoisotopic (exact) mass is 237 g/mol. The maximum absolute atomic E-state index is 5.96. The van der Waals surface area contributed by atoms with Gasteiger partial charge in [-0.1, -0.05) is 37.3 Å². The number of nitrogens with one attached hydrogen (secondary N) is 1. The number of benzene rings is 1. The zero-order valence-electron chi connectivity index (χ0n) is 9.93. The van der Waals surface area contributed by atoms with Crippen LogP contribution in [0, 0.1) is 6.92 Å². The van der Waals surface area contributed by atoms with E-state index >= 15 is 0 Å². The molecular weight excluding hydrogens is 218 g/mol. The Balaban J connectivity index is 2.01. The van der Waals surface area contributed by atoms with E-state index in [2.05, 4.69) is 18.3 Å². The van der Waals surface area contributed by atoms with Gasteiger partial charge in [-0.3, -0.25) is 0 Å². The van der Waals surface area contributed by atoms with E-state index in [9.17, 15) is 0 Å². The van der Waals surface area contributed by atoms with Crippen molar-refractivity contribution in [1.29, 1.82) is 0 Å². The van der Waals surface area contributed by atoms with E-state index in [-0.39, 0.29) is 0 Å². The number of aryl methyl sites for hydroxylation is 1. The first-order valence-electron chi connectivity index (χ1n) is 6.28. The molecule has 1 aliphatic rings. The van der Waals surface area contributed by atoms with Crippen molar-refractivity contribution in [2.45, 2.75) is 51.5 Å². The van der Waals surface area contributed by atoms with Gasteiger partial charge >= 0.3 is 0 Å². The molecule has 1 N–H and O–H groups in total. The average Bonchev–Trinajstić information content (AvgIpc) is 2.51. The van der Waals surface area contributed by atoms with E-state index in [4.69, 9.17) is 11.6 Å². The molecule has 1 nitrogen and oxygen atoms in total. The van der Waals surface area contributed by atoms with Gasteiger partial charge in [-0.25, -0.2) is 0 Å². The summed E-state index contributed by atoms with van der Waals surface area (Å²) in [5.74, 6) is 0. The highest BCUT2D eigenvalue weighted by Crippen LogP contribution is 2.24. The largest absolute Gasteiger partial charge is 0.382 e. The molecule has 0 spiro atoms. The molecule has 1 aromatic carbocycles. The van der Waals surface area contributed by atoms with Crippen LogP contribution in [0.5, 0.6) is 0 Å². The number of anilines is 1. The Kier molecular flexibility index (Phi) is 4.11. The third kappa shape index (κ3) is 3.15. The van der Waals surface area contributed by atoms with Crippen LogP contribution in [0.15, 0.2) is 18.2 Å². The van der Waals surface area contributed by atoms with Crippen LogP contribution in [0.4, 0.5) is 5.69 Å². The molecule has 1 saturated carbocycles. The van der Waals surface area contributed by atoms with Crippen LogP contribution in [0.3, 0.4) is 0 Å². The molecule has 88 valence electrons. The number of hydrogen-bond donors (Lipinski definition) is 1. The molecule has 0 bridgehead atoms. The van der Waals surface area contributed by atoms with E-state index in [1.54, 1.807) is 0 Å². The number of hydrogen-bond acceptors (Lipinski definition) is 1. The van der Waals surface area contributed by atoms with E-state index in [1.807, 2.05) is 12.1 Å². The first-order valence-corrected chi connectivity index (χ1v) is 6.66. The fourth-order valence-corrected chi connectivity index (χ4v) is 2.66. The Morgan fingerprint density at radius 1 is 1.12 bits per heavy atom. The molecule has 1 fully saturated rings. The molecule has 0 heterocycles. The second kappa shape index (κ2) is 5.58. The lowest BCUT2D eigenvalue weighted by atomic mass is 10.1. The summed E-state index contributed by atoms with van der Waals surface area (Å²) in [5.41, 5.74) is 2.49. The first kappa shape index (κ1) is 11.8. The molecule has 2 heteroatoms. The summed E-state index contributed by atoms with van der Waals surface area (Å²) in [5, 5.41) is 4.48. The molecule has 1 aromatic rings. The molecule has 2 rings (SSSR count). The quantitative estimate of drug-likeness (QED) is 0.730. The van der Waals surface area contributed by atoms with Gasteiger partial charge in [-0.2, -0.15) is 0 Å². The SMILES string of the molecule is Cc1cc(Cl)ccc1NC1CCCCCC1. The maximum atomic E-state index is 5.96. The van der Waals surface area contributed by atoms with Crippen LogP contribution in [0.1, 0.15) is 44.1 Å². The van der Waals surface area contributed by atoms with Gasteiger partial charge in [0, 0.05) is 16.8 Å². The van der Waals surface area contributed by atoms with Crippen LogP contribution >= 0.6 is 11.6 Å². The molecule has 0 amide bonds. The average molecular weight is 238 g/mol. The Hall–Kier alpha value is -0.690. The number of halogens is 1. The van der Waals surface area contributed by atoms with Crippen molar-refractivity contribution in [3.63, 3.8) is 0 Å². The summed E-state index contributed by atoms with van der Waals surface area (Å²) >= 11 is 5.96. The molecule has 0 saturated heterocycles. The Bertz CT molecular complexity index is 341. The zero-order chi connectivity index (χ0) is 11.4. The van der Waals surface area contributed by atoms with Crippen molar-refractivity contribution in [2.24, 2.45) is 0 Å². The van der Waals surface area contributed by atoms with Crippen LogP contribution < -0.4 is 5.32 Å². The van der Waals surface area contributed by atoms with Gasteiger partial charge in [-0.05, 0) is 43.5 Å². The lowest BCUT2D eigenvalue weighted by Gasteiger charge is -2.19. The second-order valence-electron chi connectivity index (χ2n) is 4.79. The molecular formula is C14H20ClN. The highest BCUT2D eigenvalue weighted by Gasteiger charge is 2.12. The summed E-state index contributed by atoms with van der Waals surface area (Å²) < 4.78 is 0. The third-order valence-electron chi connectivity index (χ3n) is 3.40. The fraction of sp³-hybridized carbons (Fsp3) is 0.571. The minimum atomic E-state index is 0.655. The van der Waals surface area contributed by atoms with Crippen LogP contribution in [0.25, 0.3) is 0 Å². The highest BCUT2D eigenvalue weighted by atomic mass is 35.5. The van der Waals surface area contributed by atoms with Crippen molar-refractivity contribution < 1.29 is 0 Å². The van der Waals surface area contributed by atoms with Crippen LogP contribution in [-0.2, 0) is 0 Å².